The van der Waals surface area contributed by atoms with Gasteiger partial charge in [-0.15, -0.1) is 0 Å². The number of nitrogens with zero attached hydrogens (tertiary/aromatic N) is 2. The van der Waals surface area contributed by atoms with Crippen molar-refractivity contribution in [1.82, 2.24) is 10.1 Å². The summed E-state index contributed by atoms with van der Waals surface area (Å²) in [6.45, 7) is 3.98. The Labute approximate surface area is 117 Å². The first-order valence-corrected chi connectivity index (χ1v) is 6.37. The molecule has 6 heteroatoms. The zero-order valence-corrected chi connectivity index (χ0v) is 11.8. The fraction of sp³-hybridized carbons (Fsp3) is 0.429. The van der Waals surface area contributed by atoms with Crippen molar-refractivity contribution >= 4 is 0 Å². The van der Waals surface area contributed by atoms with Gasteiger partial charge in [0.1, 0.15) is 0 Å². The molecule has 0 saturated heterocycles. The summed E-state index contributed by atoms with van der Waals surface area (Å²) in [5, 5.41) is 13.2. The van der Waals surface area contributed by atoms with Crippen LogP contribution in [-0.4, -0.2) is 22.4 Å². The van der Waals surface area contributed by atoms with Crippen LogP contribution in [0.15, 0.2) is 22.7 Å². The van der Waals surface area contributed by atoms with Crippen LogP contribution in [0.25, 0.3) is 0 Å². The van der Waals surface area contributed by atoms with Gasteiger partial charge in [0, 0.05) is 11.5 Å². The molecule has 0 spiro atoms. The van der Waals surface area contributed by atoms with E-state index in [9.17, 15) is 5.11 Å². The van der Waals surface area contributed by atoms with Crippen LogP contribution in [0.2, 0.25) is 0 Å². The van der Waals surface area contributed by atoms with Crippen LogP contribution in [0.5, 0.6) is 11.5 Å². The molecule has 1 heterocycles. The highest BCUT2D eigenvalue weighted by Crippen LogP contribution is 2.31. The van der Waals surface area contributed by atoms with Gasteiger partial charge in [-0.1, -0.05) is 31.1 Å². The quantitative estimate of drug-likeness (QED) is 0.873. The predicted octanol–water partition coefficient (Wildman–Crippen LogP) is 2.27. The molecular formula is C14H18N2O4. The van der Waals surface area contributed by atoms with E-state index in [-0.39, 0.29) is 19.1 Å². The number of para-hydroxylation sites is 1. The van der Waals surface area contributed by atoms with E-state index in [1.54, 1.807) is 25.3 Å². The summed E-state index contributed by atoms with van der Waals surface area (Å²) in [4.78, 5) is 4.23. The number of methoxy groups -OCH3 is 1. The highest BCUT2D eigenvalue weighted by molar-refractivity contribution is 5.46. The first kappa shape index (κ1) is 14.3. The molecule has 0 radical (unpaired) electrons. The van der Waals surface area contributed by atoms with Crippen LogP contribution < -0.4 is 9.47 Å². The van der Waals surface area contributed by atoms with Gasteiger partial charge >= 0.3 is 0 Å². The van der Waals surface area contributed by atoms with Crippen molar-refractivity contribution in [2.45, 2.75) is 33.0 Å². The SMILES string of the molecule is COc1cccc(CO)c1OCc1noc(C(C)C)n1. The van der Waals surface area contributed by atoms with Gasteiger partial charge in [0.2, 0.25) is 11.7 Å². The third-order valence-electron chi connectivity index (χ3n) is 2.77. The Hall–Kier alpha value is -2.08. The second kappa shape index (κ2) is 6.38. The molecule has 20 heavy (non-hydrogen) atoms. The van der Waals surface area contributed by atoms with Gasteiger partial charge in [0.15, 0.2) is 18.1 Å². The van der Waals surface area contributed by atoms with Crippen LogP contribution in [-0.2, 0) is 13.2 Å². The molecule has 1 N–H and O–H groups in total. The van der Waals surface area contributed by atoms with Gasteiger partial charge < -0.3 is 19.1 Å². The Morgan fingerprint density at radius 2 is 2.15 bits per heavy atom. The minimum absolute atomic E-state index is 0.129. The maximum Gasteiger partial charge on any atom is 0.229 e. The molecule has 0 aliphatic heterocycles. The van der Waals surface area contributed by atoms with Crippen molar-refractivity contribution in [3.05, 3.63) is 35.5 Å². The summed E-state index contributed by atoms with van der Waals surface area (Å²) < 4.78 is 16.0. The van der Waals surface area contributed by atoms with E-state index < -0.39 is 0 Å². The first-order chi connectivity index (χ1) is 9.65. The van der Waals surface area contributed by atoms with Crippen molar-refractivity contribution in [1.29, 1.82) is 0 Å². The molecule has 2 rings (SSSR count). The Balaban J connectivity index is 2.13. The molecule has 108 valence electrons. The lowest BCUT2D eigenvalue weighted by Gasteiger charge is -2.12. The lowest BCUT2D eigenvalue weighted by atomic mass is 10.2. The molecule has 6 nitrogen and oxygen atoms in total. The molecule has 1 aromatic heterocycles. The van der Waals surface area contributed by atoms with Gasteiger partial charge in [-0.2, -0.15) is 4.98 Å². The fourth-order valence-corrected chi connectivity index (χ4v) is 1.71. The molecule has 1 aromatic carbocycles. The zero-order chi connectivity index (χ0) is 14.5. The zero-order valence-electron chi connectivity index (χ0n) is 11.8. The molecule has 0 aliphatic rings. The van der Waals surface area contributed by atoms with Gasteiger partial charge in [0.25, 0.3) is 0 Å². The van der Waals surface area contributed by atoms with E-state index in [1.807, 2.05) is 13.8 Å². The van der Waals surface area contributed by atoms with Crippen LogP contribution in [0.1, 0.15) is 37.0 Å². The van der Waals surface area contributed by atoms with Gasteiger partial charge in [-0.3, -0.25) is 0 Å². The Bertz CT molecular complexity index is 544. The molecule has 2 aromatic rings. The Morgan fingerprint density at radius 1 is 1.35 bits per heavy atom. The van der Waals surface area contributed by atoms with Crippen LogP contribution >= 0.6 is 0 Å². The summed E-state index contributed by atoms with van der Waals surface area (Å²) >= 11 is 0. The summed E-state index contributed by atoms with van der Waals surface area (Å²) in [6.07, 6.45) is 0. The third-order valence-corrected chi connectivity index (χ3v) is 2.77. The van der Waals surface area contributed by atoms with Gasteiger partial charge in [-0.05, 0) is 6.07 Å². The van der Waals surface area contributed by atoms with E-state index in [4.69, 9.17) is 14.0 Å². The van der Waals surface area contributed by atoms with Crippen molar-refractivity contribution in [2.24, 2.45) is 0 Å². The maximum absolute atomic E-state index is 9.33. The summed E-state index contributed by atoms with van der Waals surface area (Å²) in [5.41, 5.74) is 0.650. The van der Waals surface area contributed by atoms with E-state index in [0.717, 1.165) is 0 Å². The molecule has 0 unspecified atom stereocenters. The molecular weight excluding hydrogens is 260 g/mol. The van der Waals surface area contributed by atoms with Gasteiger partial charge in [-0.25, -0.2) is 0 Å². The Kier molecular flexibility index (Phi) is 4.57. The van der Waals surface area contributed by atoms with Crippen LogP contribution in [0.3, 0.4) is 0 Å². The number of ether oxygens (including phenoxy) is 2. The van der Waals surface area contributed by atoms with Crippen molar-refractivity contribution in [3.63, 3.8) is 0 Å². The summed E-state index contributed by atoms with van der Waals surface area (Å²) in [7, 11) is 1.55. The highest BCUT2D eigenvalue weighted by Gasteiger charge is 2.13. The smallest absolute Gasteiger partial charge is 0.229 e. The number of hydrogen-bond acceptors (Lipinski definition) is 6. The Morgan fingerprint density at radius 3 is 2.75 bits per heavy atom. The molecule has 0 saturated carbocycles. The molecule has 0 bridgehead atoms. The summed E-state index contributed by atoms with van der Waals surface area (Å²) in [6, 6.07) is 5.33. The summed E-state index contributed by atoms with van der Waals surface area (Å²) in [5.74, 6) is 2.27. The number of hydrogen-bond donors (Lipinski definition) is 1. The minimum atomic E-state index is -0.129. The van der Waals surface area contributed by atoms with E-state index in [0.29, 0.717) is 28.8 Å². The van der Waals surface area contributed by atoms with Crippen LogP contribution in [0.4, 0.5) is 0 Å². The average molecular weight is 278 g/mol. The molecule has 0 fully saturated rings. The van der Waals surface area contributed by atoms with Crippen LogP contribution in [0, 0.1) is 0 Å². The minimum Gasteiger partial charge on any atom is -0.493 e. The fourth-order valence-electron chi connectivity index (χ4n) is 1.71. The number of aromatic nitrogens is 2. The van der Waals surface area contributed by atoms with Crippen molar-refractivity contribution in [2.75, 3.05) is 7.11 Å². The lowest BCUT2D eigenvalue weighted by Crippen LogP contribution is -2.02. The normalized spacial score (nSPS) is 10.8. The van der Waals surface area contributed by atoms with Crippen molar-refractivity contribution < 1.29 is 19.1 Å². The topological polar surface area (TPSA) is 77.6 Å². The van der Waals surface area contributed by atoms with E-state index >= 15 is 0 Å². The standard InChI is InChI=1S/C14H18N2O4/c1-9(2)14-15-12(16-20-14)8-19-13-10(7-17)5-4-6-11(13)18-3/h4-6,9,17H,7-8H2,1-3H3. The van der Waals surface area contributed by atoms with Crippen molar-refractivity contribution in [3.8, 4) is 11.5 Å². The largest absolute Gasteiger partial charge is 0.493 e. The maximum atomic E-state index is 9.33. The highest BCUT2D eigenvalue weighted by atomic mass is 16.5. The number of aliphatic hydroxyl groups excluding tert-OH is 1. The second-order valence-electron chi connectivity index (χ2n) is 4.60. The van der Waals surface area contributed by atoms with E-state index in [1.165, 1.54) is 0 Å². The average Bonchev–Trinajstić information content (AvgIpc) is 2.93. The molecule has 0 atom stereocenters. The monoisotopic (exact) mass is 278 g/mol. The number of benzene rings is 1. The first-order valence-electron chi connectivity index (χ1n) is 6.37. The molecule has 0 amide bonds. The lowest BCUT2D eigenvalue weighted by molar-refractivity contribution is 0.243. The number of aliphatic hydroxyl groups is 1. The second-order valence-corrected chi connectivity index (χ2v) is 4.60. The number of rotatable bonds is 6. The third kappa shape index (κ3) is 3.08. The predicted molar refractivity (Wildman–Crippen MR) is 71.6 cm³/mol. The molecule has 0 aliphatic carbocycles. The van der Waals surface area contributed by atoms with E-state index in [2.05, 4.69) is 10.1 Å². The van der Waals surface area contributed by atoms with Gasteiger partial charge in [0.05, 0.1) is 13.7 Å².